The maximum absolute atomic E-state index is 14.1. The van der Waals surface area contributed by atoms with Crippen molar-refractivity contribution in [3.05, 3.63) is 0 Å². The highest BCUT2D eigenvalue weighted by Gasteiger charge is 2.47. The molecule has 3 heteroatoms. The van der Waals surface area contributed by atoms with Gasteiger partial charge in [0.15, 0.2) is 0 Å². The predicted molar refractivity (Wildman–Crippen MR) is 63.8 cm³/mol. The SMILES string of the molecule is CCC(CC)C1CCN(C(C)C)CC1(F)F. The Morgan fingerprint density at radius 1 is 1.25 bits per heavy atom. The average molecular weight is 233 g/mol. The molecule has 1 fully saturated rings. The molecule has 0 aliphatic carbocycles. The minimum Gasteiger partial charge on any atom is -0.295 e. The molecule has 0 aromatic heterocycles. The first kappa shape index (κ1) is 13.9. The van der Waals surface area contributed by atoms with Gasteiger partial charge in [0.25, 0.3) is 5.92 Å². The van der Waals surface area contributed by atoms with Crippen LogP contribution >= 0.6 is 0 Å². The van der Waals surface area contributed by atoms with E-state index in [0.717, 1.165) is 19.4 Å². The third kappa shape index (κ3) is 2.93. The number of likely N-dealkylation sites (tertiary alicyclic amines) is 1. The summed E-state index contributed by atoms with van der Waals surface area (Å²) in [6.45, 7) is 8.82. The molecule has 1 atom stereocenters. The largest absolute Gasteiger partial charge is 0.295 e. The van der Waals surface area contributed by atoms with E-state index < -0.39 is 11.8 Å². The van der Waals surface area contributed by atoms with Gasteiger partial charge in [-0.2, -0.15) is 0 Å². The summed E-state index contributed by atoms with van der Waals surface area (Å²) in [5.41, 5.74) is 0. The van der Waals surface area contributed by atoms with Crippen LogP contribution in [0.2, 0.25) is 0 Å². The van der Waals surface area contributed by atoms with E-state index in [9.17, 15) is 8.78 Å². The number of piperidine rings is 1. The summed E-state index contributed by atoms with van der Waals surface area (Å²) in [6, 6.07) is 0.230. The minimum atomic E-state index is -2.50. The highest BCUT2D eigenvalue weighted by atomic mass is 19.3. The van der Waals surface area contributed by atoms with Crippen LogP contribution in [-0.2, 0) is 0 Å². The van der Waals surface area contributed by atoms with Crippen LogP contribution < -0.4 is 0 Å². The quantitative estimate of drug-likeness (QED) is 0.714. The molecule has 1 aliphatic rings. The van der Waals surface area contributed by atoms with Gasteiger partial charge in [0.1, 0.15) is 0 Å². The van der Waals surface area contributed by atoms with E-state index in [-0.39, 0.29) is 18.5 Å². The number of alkyl halides is 2. The molecular formula is C13H25F2N. The Labute approximate surface area is 98.2 Å². The number of hydrogen-bond acceptors (Lipinski definition) is 1. The van der Waals surface area contributed by atoms with Crippen molar-refractivity contribution in [1.29, 1.82) is 0 Å². The van der Waals surface area contributed by atoms with Gasteiger partial charge in [-0.25, -0.2) is 8.78 Å². The second-order valence-corrected chi connectivity index (χ2v) is 5.30. The van der Waals surface area contributed by atoms with Crippen LogP contribution in [0.5, 0.6) is 0 Å². The summed E-state index contributed by atoms with van der Waals surface area (Å²) in [6.07, 6.45) is 2.40. The van der Waals surface area contributed by atoms with Gasteiger partial charge in [-0.1, -0.05) is 26.7 Å². The van der Waals surface area contributed by atoms with Crippen molar-refractivity contribution in [3.63, 3.8) is 0 Å². The molecule has 0 saturated carbocycles. The topological polar surface area (TPSA) is 3.24 Å². The molecule has 0 radical (unpaired) electrons. The minimum absolute atomic E-state index is 0.0498. The zero-order valence-corrected chi connectivity index (χ0v) is 11.0. The van der Waals surface area contributed by atoms with Crippen LogP contribution in [0.3, 0.4) is 0 Å². The standard InChI is InChI=1S/C13H25F2N/c1-5-11(6-2)12-7-8-16(10(3)4)9-13(12,14)15/h10-12H,5-9H2,1-4H3. The highest BCUT2D eigenvalue weighted by molar-refractivity contribution is 4.90. The molecule has 1 aliphatic heterocycles. The van der Waals surface area contributed by atoms with E-state index in [0.29, 0.717) is 6.42 Å². The first-order valence-corrected chi connectivity index (χ1v) is 6.54. The van der Waals surface area contributed by atoms with E-state index in [2.05, 4.69) is 0 Å². The van der Waals surface area contributed by atoms with Gasteiger partial charge in [0, 0.05) is 12.0 Å². The van der Waals surface area contributed by atoms with Crippen LogP contribution in [0.1, 0.15) is 47.0 Å². The number of halogens is 2. The maximum atomic E-state index is 14.1. The van der Waals surface area contributed by atoms with E-state index in [1.54, 1.807) is 0 Å². The van der Waals surface area contributed by atoms with E-state index in [4.69, 9.17) is 0 Å². The van der Waals surface area contributed by atoms with Gasteiger partial charge >= 0.3 is 0 Å². The van der Waals surface area contributed by atoms with E-state index in [1.807, 2.05) is 32.6 Å². The normalized spacial score (nSPS) is 26.6. The molecule has 1 unspecified atom stereocenters. The molecule has 1 rings (SSSR count). The van der Waals surface area contributed by atoms with Crippen LogP contribution in [0.25, 0.3) is 0 Å². The van der Waals surface area contributed by atoms with Crippen molar-refractivity contribution >= 4 is 0 Å². The summed E-state index contributed by atoms with van der Waals surface area (Å²) in [5, 5.41) is 0. The monoisotopic (exact) mass is 233 g/mol. The van der Waals surface area contributed by atoms with Crippen molar-refractivity contribution in [3.8, 4) is 0 Å². The fourth-order valence-electron chi connectivity index (χ4n) is 2.86. The Kier molecular flexibility index (Phi) is 4.72. The Morgan fingerprint density at radius 2 is 1.81 bits per heavy atom. The van der Waals surface area contributed by atoms with Crippen molar-refractivity contribution in [2.75, 3.05) is 13.1 Å². The van der Waals surface area contributed by atoms with E-state index >= 15 is 0 Å². The third-order valence-electron chi connectivity index (χ3n) is 4.03. The molecule has 1 nitrogen and oxygen atoms in total. The second kappa shape index (κ2) is 5.44. The van der Waals surface area contributed by atoms with Gasteiger partial charge in [0.05, 0.1) is 6.54 Å². The van der Waals surface area contributed by atoms with Crippen LogP contribution in [-0.4, -0.2) is 30.0 Å². The van der Waals surface area contributed by atoms with Gasteiger partial charge in [-0.3, -0.25) is 4.90 Å². The molecule has 96 valence electrons. The first-order valence-electron chi connectivity index (χ1n) is 6.54. The Balaban J connectivity index is 2.70. The number of nitrogens with zero attached hydrogens (tertiary/aromatic N) is 1. The number of rotatable bonds is 4. The molecule has 16 heavy (non-hydrogen) atoms. The Morgan fingerprint density at radius 3 is 2.19 bits per heavy atom. The zero-order valence-electron chi connectivity index (χ0n) is 11.0. The lowest BCUT2D eigenvalue weighted by Crippen LogP contribution is -2.52. The van der Waals surface area contributed by atoms with Gasteiger partial charge in [-0.15, -0.1) is 0 Å². The van der Waals surface area contributed by atoms with Gasteiger partial charge in [0.2, 0.25) is 0 Å². The van der Waals surface area contributed by atoms with Crippen molar-refractivity contribution < 1.29 is 8.78 Å². The highest BCUT2D eigenvalue weighted by Crippen LogP contribution is 2.40. The van der Waals surface area contributed by atoms with Crippen molar-refractivity contribution in [2.24, 2.45) is 11.8 Å². The average Bonchev–Trinajstić information content (AvgIpc) is 2.21. The van der Waals surface area contributed by atoms with Crippen LogP contribution in [0.15, 0.2) is 0 Å². The van der Waals surface area contributed by atoms with Gasteiger partial charge < -0.3 is 0 Å². The van der Waals surface area contributed by atoms with Crippen molar-refractivity contribution in [1.82, 2.24) is 4.90 Å². The summed E-state index contributed by atoms with van der Waals surface area (Å²) in [5.74, 6) is -2.72. The summed E-state index contributed by atoms with van der Waals surface area (Å²) in [7, 11) is 0. The molecule has 0 aromatic rings. The molecule has 1 heterocycles. The van der Waals surface area contributed by atoms with Crippen LogP contribution in [0.4, 0.5) is 8.78 Å². The Hall–Kier alpha value is -0.180. The number of hydrogen-bond donors (Lipinski definition) is 0. The smallest absolute Gasteiger partial charge is 0.263 e. The summed E-state index contributed by atoms with van der Waals surface area (Å²) < 4.78 is 28.1. The lowest BCUT2D eigenvalue weighted by Gasteiger charge is -2.43. The molecular weight excluding hydrogens is 208 g/mol. The molecule has 0 spiro atoms. The molecule has 0 bridgehead atoms. The molecule has 1 saturated heterocycles. The maximum Gasteiger partial charge on any atom is 0.263 e. The van der Waals surface area contributed by atoms with E-state index in [1.165, 1.54) is 0 Å². The lowest BCUT2D eigenvalue weighted by molar-refractivity contribution is -0.135. The summed E-state index contributed by atoms with van der Waals surface area (Å²) >= 11 is 0. The Bertz CT molecular complexity index is 212. The van der Waals surface area contributed by atoms with Crippen molar-refractivity contribution in [2.45, 2.75) is 58.9 Å². The summed E-state index contributed by atoms with van der Waals surface area (Å²) in [4.78, 5) is 1.90. The van der Waals surface area contributed by atoms with Gasteiger partial charge in [-0.05, 0) is 32.7 Å². The zero-order chi connectivity index (χ0) is 12.3. The first-order chi connectivity index (χ1) is 7.42. The fourth-order valence-corrected chi connectivity index (χ4v) is 2.86. The molecule has 0 aromatic carbocycles. The lowest BCUT2D eigenvalue weighted by atomic mass is 9.78. The second-order valence-electron chi connectivity index (χ2n) is 5.30. The molecule has 0 amide bonds. The third-order valence-corrected chi connectivity index (χ3v) is 4.03. The predicted octanol–water partition coefficient (Wildman–Crippen LogP) is 3.79. The fraction of sp³-hybridized carbons (Fsp3) is 1.00. The van der Waals surface area contributed by atoms with Crippen LogP contribution in [0, 0.1) is 11.8 Å². The molecule has 0 N–H and O–H groups in total.